The van der Waals surface area contributed by atoms with Crippen LogP contribution < -0.4 is 0 Å². The second-order valence-electron chi connectivity index (χ2n) is 5.34. The van der Waals surface area contributed by atoms with Crippen molar-refractivity contribution < 1.29 is 10.2 Å². The second-order valence-corrected chi connectivity index (χ2v) is 5.34. The molecule has 0 aromatic heterocycles. The molecule has 0 bridgehead atoms. The Morgan fingerprint density at radius 1 is 0.583 bits per heavy atom. The molecule has 24 heavy (non-hydrogen) atoms. The smallest absolute Gasteiger partial charge is 0.143 e. The quantitative estimate of drug-likeness (QED) is 0.584. The highest BCUT2D eigenvalue weighted by Crippen LogP contribution is 2.32. The molecule has 0 saturated heterocycles. The zero-order valence-corrected chi connectivity index (χ0v) is 13.7. The van der Waals surface area contributed by atoms with Crippen LogP contribution >= 0.6 is 0 Å². The third kappa shape index (κ3) is 5.25. The van der Waals surface area contributed by atoms with Crippen LogP contribution in [-0.4, -0.2) is 10.2 Å². The molecule has 3 rings (SSSR count). The van der Waals surface area contributed by atoms with Crippen LogP contribution in [0.3, 0.4) is 0 Å². The molecule has 0 heterocycles. The normalized spacial score (nSPS) is 10.2. The Balaban J connectivity index is 0.000000292. The topological polar surface area (TPSA) is 65.2 Å². The number of rotatable bonds is 2. The minimum atomic E-state index is 0.0662. The van der Waals surface area contributed by atoms with Crippen LogP contribution in [0.1, 0.15) is 11.1 Å². The van der Waals surface area contributed by atoms with Gasteiger partial charge in [-0.2, -0.15) is 0 Å². The number of aromatic hydroxyl groups is 2. The molecule has 4 heteroatoms. The van der Waals surface area contributed by atoms with Crippen LogP contribution in [0.15, 0.2) is 83.0 Å². The highest BCUT2D eigenvalue weighted by atomic mass is 16.3. The Bertz CT molecular complexity index is 735. The van der Waals surface area contributed by atoms with Gasteiger partial charge in [0.2, 0.25) is 0 Å². The second kappa shape index (κ2) is 8.48. The number of hydrogen-bond acceptors (Lipinski definition) is 4. The highest BCUT2D eigenvalue weighted by molar-refractivity contribution is 5.55. The lowest BCUT2D eigenvalue weighted by molar-refractivity contribution is 0.473. The van der Waals surface area contributed by atoms with Gasteiger partial charge in [-0.05, 0) is 49.2 Å². The van der Waals surface area contributed by atoms with Crippen molar-refractivity contribution in [2.75, 3.05) is 0 Å². The Hall–Kier alpha value is -3.14. The first-order valence-corrected chi connectivity index (χ1v) is 7.57. The number of azo groups is 1. The van der Waals surface area contributed by atoms with Crippen molar-refractivity contribution in [1.82, 2.24) is 0 Å². The van der Waals surface area contributed by atoms with E-state index in [4.69, 9.17) is 0 Å². The van der Waals surface area contributed by atoms with E-state index in [1.54, 1.807) is 36.4 Å². The third-order valence-electron chi connectivity index (χ3n) is 3.19. The van der Waals surface area contributed by atoms with E-state index in [0.29, 0.717) is 11.4 Å². The van der Waals surface area contributed by atoms with Crippen molar-refractivity contribution in [1.29, 1.82) is 0 Å². The molecule has 0 aliphatic carbocycles. The molecule has 0 radical (unpaired) electrons. The van der Waals surface area contributed by atoms with Crippen molar-refractivity contribution in [3.63, 3.8) is 0 Å². The summed E-state index contributed by atoms with van der Waals surface area (Å²) in [7, 11) is 0. The third-order valence-corrected chi connectivity index (χ3v) is 3.19. The van der Waals surface area contributed by atoms with Crippen LogP contribution in [0, 0.1) is 13.8 Å². The highest BCUT2D eigenvalue weighted by Gasteiger charge is 2.02. The summed E-state index contributed by atoms with van der Waals surface area (Å²) in [4.78, 5) is 0. The lowest BCUT2D eigenvalue weighted by Crippen LogP contribution is -1.74. The zero-order valence-electron chi connectivity index (χ0n) is 13.7. The maximum Gasteiger partial charge on any atom is 0.143 e. The van der Waals surface area contributed by atoms with E-state index < -0.39 is 0 Å². The fourth-order valence-electron chi connectivity index (χ4n) is 1.92. The van der Waals surface area contributed by atoms with Gasteiger partial charge in [-0.1, -0.05) is 48.5 Å². The minimum Gasteiger partial charge on any atom is -0.506 e. The molecule has 3 aromatic carbocycles. The van der Waals surface area contributed by atoms with E-state index in [9.17, 15) is 10.2 Å². The average molecular weight is 320 g/mol. The largest absolute Gasteiger partial charge is 0.506 e. The summed E-state index contributed by atoms with van der Waals surface area (Å²) in [6.45, 7) is 3.81. The van der Waals surface area contributed by atoms with E-state index in [1.807, 2.05) is 50.2 Å². The zero-order chi connectivity index (χ0) is 17.4. The van der Waals surface area contributed by atoms with E-state index >= 15 is 0 Å². The summed E-state index contributed by atoms with van der Waals surface area (Å²) in [5.41, 5.74) is 2.73. The number of nitrogens with zero attached hydrogens (tertiary/aromatic N) is 2. The Morgan fingerprint density at radius 2 is 0.917 bits per heavy atom. The molecular formula is C20H20N2O2. The number of benzene rings is 3. The summed E-state index contributed by atoms with van der Waals surface area (Å²) in [5, 5.41) is 27.1. The maximum absolute atomic E-state index is 9.62. The molecule has 122 valence electrons. The molecule has 0 aliphatic heterocycles. The SMILES string of the molecule is Cc1ccc(O)c(N=Nc2cc(C)ccc2O)c1.c1ccccc1. The maximum atomic E-state index is 9.62. The summed E-state index contributed by atoms with van der Waals surface area (Å²) >= 11 is 0. The monoisotopic (exact) mass is 320 g/mol. The van der Waals surface area contributed by atoms with Gasteiger partial charge < -0.3 is 10.2 Å². The van der Waals surface area contributed by atoms with Crippen molar-refractivity contribution in [3.8, 4) is 11.5 Å². The summed E-state index contributed by atoms with van der Waals surface area (Å²) < 4.78 is 0. The number of phenols is 2. The molecule has 4 nitrogen and oxygen atoms in total. The van der Waals surface area contributed by atoms with Gasteiger partial charge >= 0.3 is 0 Å². The van der Waals surface area contributed by atoms with Gasteiger partial charge in [-0.15, -0.1) is 10.2 Å². The van der Waals surface area contributed by atoms with Crippen molar-refractivity contribution in [3.05, 3.63) is 83.9 Å². The van der Waals surface area contributed by atoms with Gasteiger partial charge in [0.1, 0.15) is 22.9 Å². The Labute approximate surface area is 141 Å². The number of phenolic OH excluding ortho intramolecular Hbond substituents is 2. The fraction of sp³-hybridized carbons (Fsp3) is 0.100. The van der Waals surface area contributed by atoms with Crippen molar-refractivity contribution in [2.24, 2.45) is 10.2 Å². The molecule has 0 amide bonds. The van der Waals surface area contributed by atoms with Crippen molar-refractivity contribution in [2.45, 2.75) is 13.8 Å². The first-order valence-electron chi connectivity index (χ1n) is 7.57. The number of aryl methyl sites for hydroxylation is 2. The Morgan fingerprint density at radius 3 is 1.25 bits per heavy atom. The van der Waals surface area contributed by atoms with E-state index in [-0.39, 0.29) is 11.5 Å². The standard InChI is InChI=1S/C14H14N2O2.C6H6/c1-9-3-5-13(17)11(7-9)15-16-12-8-10(2)4-6-14(12)18;1-2-4-6-5-3-1/h3-8,17-18H,1-2H3;1-6H. The molecule has 0 atom stereocenters. The molecule has 0 fully saturated rings. The van der Waals surface area contributed by atoms with Gasteiger partial charge in [-0.3, -0.25) is 0 Å². The fourth-order valence-corrected chi connectivity index (χ4v) is 1.92. The lowest BCUT2D eigenvalue weighted by Gasteiger charge is -2.01. The van der Waals surface area contributed by atoms with Crippen molar-refractivity contribution >= 4 is 11.4 Å². The van der Waals surface area contributed by atoms with E-state index in [1.165, 1.54) is 0 Å². The lowest BCUT2D eigenvalue weighted by atomic mass is 10.2. The van der Waals surface area contributed by atoms with Crippen LogP contribution in [0.25, 0.3) is 0 Å². The molecule has 2 N–H and O–H groups in total. The summed E-state index contributed by atoms with van der Waals surface area (Å²) in [6.07, 6.45) is 0. The molecule has 0 saturated carbocycles. The Kier molecular flexibility index (Phi) is 6.08. The van der Waals surface area contributed by atoms with Crippen LogP contribution in [0.4, 0.5) is 11.4 Å². The van der Waals surface area contributed by atoms with Gasteiger partial charge in [0.25, 0.3) is 0 Å². The first-order chi connectivity index (χ1) is 11.6. The van der Waals surface area contributed by atoms with Gasteiger partial charge in [0, 0.05) is 0 Å². The average Bonchev–Trinajstić information content (AvgIpc) is 2.60. The van der Waals surface area contributed by atoms with Crippen LogP contribution in [-0.2, 0) is 0 Å². The first kappa shape index (κ1) is 17.2. The van der Waals surface area contributed by atoms with Crippen LogP contribution in [0.2, 0.25) is 0 Å². The molecule has 0 spiro atoms. The molecular weight excluding hydrogens is 300 g/mol. The minimum absolute atomic E-state index is 0.0662. The van der Waals surface area contributed by atoms with E-state index in [0.717, 1.165) is 11.1 Å². The van der Waals surface area contributed by atoms with Gasteiger partial charge in [0.15, 0.2) is 0 Å². The number of hydrogen-bond donors (Lipinski definition) is 2. The van der Waals surface area contributed by atoms with E-state index in [2.05, 4.69) is 10.2 Å². The summed E-state index contributed by atoms with van der Waals surface area (Å²) in [5.74, 6) is 0.132. The van der Waals surface area contributed by atoms with Crippen LogP contribution in [0.5, 0.6) is 11.5 Å². The molecule has 0 unspecified atom stereocenters. The van der Waals surface area contributed by atoms with Gasteiger partial charge in [-0.25, -0.2) is 0 Å². The molecule has 3 aromatic rings. The summed E-state index contributed by atoms with van der Waals surface area (Å²) in [6, 6.07) is 22.2. The van der Waals surface area contributed by atoms with Gasteiger partial charge in [0.05, 0.1) is 0 Å². The molecule has 0 aliphatic rings. The predicted molar refractivity (Wildman–Crippen MR) is 96.3 cm³/mol. The predicted octanol–water partition coefficient (Wildman–Crippen LogP) is 5.82.